The number of nitrogens with one attached hydrogen (secondary N) is 1. The lowest BCUT2D eigenvalue weighted by Gasteiger charge is -2.17. The molecule has 0 bridgehead atoms. The lowest BCUT2D eigenvalue weighted by atomic mass is 10.1. The van der Waals surface area contributed by atoms with E-state index < -0.39 is 0 Å². The SMILES string of the molecule is CCCn1ccnc1C(NC)c1cn(C)nc1C. The predicted octanol–water partition coefficient (Wildman–Crippen LogP) is 1.64. The van der Waals surface area contributed by atoms with Crippen LogP contribution in [0.2, 0.25) is 0 Å². The van der Waals surface area contributed by atoms with Gasteiger partial charge in [-0.05, 0) is 20.4 Å². The highest BCUT2D eigenvalue weighted by atomic mass is 15.3. The maximum Gasteiger partial charge on any atom is 0.130 e. The van der Waals surface area contributed by atoms with Crippen LogP contribution in [-0.2, 0) is 13.6 Å². The Morgan fingerprint density at radius 3 is 2.78 bits per heavy atom. The number of hydrogen-bond donors (Lipinski definition) is 1. The van der Waals surface area contributed by atoms with E-state index in [9.17, 15) is 0 Å². The maximum atomic E-state index is 4.50. The van der Waals surface area contributed by atoms with Crippen molar-refractivity contribution in [2.45, 2.75) is 32.9 Å². The molecule has 1 unspecified atom stereocenters. The number of imidazole rings is 1. The summed E-state index contributed by atoms with van der Waals surface area (Å²) in [7, 11) is 3.91. The van der Waals surface area contributed by atoms with Crippen LogP contribution >= 0.6 is 0 Å². The topological polar surface area (TPSA) is 47.7 Å². The molecule has 0 saturated heterocycles. The third-order valence-electron chi connectivity index (χ3n) is 3.12. The first-order valence-electron chi connectivity index (χ1n) is 6.35. The van der Waals surface area contributed by atoms with Gasteiger partial charge in [0.1, 0.15) is 5.82 Å². The number of nitrogens with zero attached hydrogens (tertiary/aromatic N) is 4. The van der Waals surface area contributed by atoms with Crippen molar-refractivity contribution in [3.05, 3.63) is 35.7 Å². The third kappa shape index (κ3) is 2.31. The Bertz CT molecular complexity index is 511. The molecule has 1 N–H and O–H groups in total. The van der Waals surface area contributed by atoms with Gasteiger partial charge >= 0.3 is 0 Å². The third-order valence-corrected chi connectivity index (χ3v) is 3.12. The fourth-order valence-electron chi connectivity index (χ4n) is 2.34. The van der Waals surface area contributed by atoms with Gasteiger partial charge in [0.05, 0.1) is 11.7 Å². The zero-order chi connectivity index (χ0) is 13.1. The minimum Gasteiger partial charge on any atom is -0.333 e. The minimum absolute atomic E-state index is 0.0975. The average Bonchev–Trinajstić information content (AvgIpc) is 2.89. The zero-order valence-electron chi connectivity index (χ0n) is 11.5. The Hall–Kier alpha value is -1.62. The summed E-state index contributed by atoms with van der Waals surface area (Å²) in [6.45, 7) is 5.20. The molecular formula is C13H21N5. The van der Waals surface area contributed by atoms with Gasteiger partial charge in [-0.1, -0.05) is 6.92 Å². The van der Waals surface area contributed by atoms with E-state index >= 15 is 0 Å². The molecule has 18 heavy (non-hydrogen) atoms. The normalized spacial score (nSPS) is 12.9. The molecule has 0 amide bonds. The Balaban J connectivity index is 2.39. The van der Waals surface area contributed by atoms with Crippen LogP contribution in [0.15, 0.2) is 18.6 Å². The molecule has 5 nitrogen and oxygen atoms in total. The summed E-state index contributed by atoms with van der Waals surface area (Å²) in [4.78, 5) is 4.50. The molecule has 0 saturated carbocycles. The molecule has 1 atom stereocenters. The summed E-state index contributed by atoms with van der Waals surface area (Å²) in [6, 6.07) is 0.0975. The monoisotopic (exact) mass is 247 g/mol. The molecular weight excluding hydrogens is 226 g/mol. The van der Waals surface area contributed by atoms with E-state index in [2.05, 4.69) is 33.1 Å². The summed E-state index contributed by atoms with van der Waals surface area (Å²) >= 11 is 0. The molecule has 0 aromatic carbocycles. The van der Waals surface area contributed by atoms with Crippen molar-refractivity contribution in [2.24, 2.45) is 7.05 Å². The highest BCUT2D eigenvalue weighted by Crippen LogP contribution is 2.22. The molecule has 0 aliphatic carbocycles. The predicted molar refractivity (Wildman–Crippen MR) is 71.4 cm³/mol. The number of aryl methyl sites for hydroxylation is 3. The van der Waals surface area contributed by atoms with Gasteiger partial charge in [-0.15, -0.1) is 0 Å². The van der Waals surface area contributed by atoms with E-state index in [-0.39, 0.29) is 6.04 Å². The molecule has 98 valence electrons. The second-order valence-corrected chi connectivity index (χ2v) is 4.54. The van der Waals surface area contributed by atoms with E-state index in [4.69, 9.17) is 0 Å². The second-order valence-electron chi connectivity index (χ2n) is 4.54. The maximum absolute atomic E-state index is 4.50. The van der Waals surface area contributed by atoms with Gasteiger partial charge < -0.3 is 9.88 Å². The van der Waals surface area contributed by atoms with E-state index in [0.29, 0.717) is 0 Å². The average molecular weight is 247 g/mol. The number of aromatic nitrogens is 4. The van der Waals surface area contributed by atoms with E-state index in [1.54, 1.807) is 0 Å². The van der Waals surface area contributed by atoms with Gasteiger partial charge in [0.25, 0.3) is 0 Å². The van der Waals surface area contributed by atoms with Crippen LogP contribution in [0.1, 0.15) is 36.5 Å². The van der Waals surface area contributed by atoms with Gasteiger partial charge in [0.2, 0.25) is 0 Å². The quantitative estimate of drug-likeness (QED) is 0.874. The summed E-state index contributed by atoms with van der Waals surface area (Å²) in [5, 5.41) is 7.74. The molecule has 2 aromatic heterocycles. The van der Waals surface area contributed by atoms with Crippen LogP contribution in [0, 0.1) is 6.92 Å². The van der Waals surface area contributed by atoms with Gasteiger partial charge in [-0.3, -0.25) is 4.68 Å². The van der Waals surface area contributed by atoms with Gasteiger partial charge in [0, 0.05) is 37.7 Å². The van der Waals surface area contributed by atoms with Gasteiger partial charge in [-0.2, -0.15) is 5.10 Å². The van der Waals surface area contributed by atoms with Crippen LogP contribution < -0.4 is 5.32 Å². The first-order chi connectivity index (χ1) is 8.67. The Morgan fingerprint density at radius 2 is 2.22 bits per heavy atom. The Labute approximate surface area is 108 Å². The highest BCUT2D eigenvalue weighted by Gasteiger charge is 2.20. The Morgan fingerprint density at radius 1 is 1.44 bits per heavy atom. The first-order valence-corrected chi connectivity index (χ1v) is 6.35. The summed E-state index contributed by atoms with van der Waals surface area (Å²) in [5.74, 6) is 1.05. The van der Waals surface area contributed by atoms with Gasteiger partial charge in [0.15, 0.2) is 0 Å². The molecule has 0 spiro atoms. The van der Waals surface area contributed by atoms with Crippen molar-refractivity contribution in [3.63, 3.8) is 0 Å². The second kappa shape index (κ2) is 5.35. The van der Waals surface area contributed by atoms with Crippen LogP contribution in [0.3, 0.4) is 0 Å². The van der Waals surface area contributed by atoms with Crippen LogP contribution in [0.4, 0.5) is 0 Å². The summed E-state index contributed by atoms with van der Waals surface area (Å²) in [6.07, 6.45) is 7.06. The minimum atomic E-state index is 0.0975. The zero-order valence-corrected chi connectivity index (χ0v) is 11.5. The van der Waals surface area contributed by atoms with E-state index in [1.165, 1.54) is 5.56 Å². The molecule has 5 heteroatoms. The van der Waals surface area contributed by atoms with Gasteiger partial charge in [-0.25, -0.2) is 4.98 Å². The number of hydrogen-bond acceptors (Lipinski definition) is 3. The van der Waals surface area contributed by atoms with Crippen LogP contribution in [-0.4, -0.2) is 26.4 Å². The molecule has 0 fully saturated rings. The largest absolute Gasteiger partial charge is 0.333 e. The fraction of sp³-hybridized carbons (Fsp3) is 0.538. The molecule has 0 radical (unpaired) electrons. The molecule has 2 heterocycles. The van der Waals surface area contributed by atoms with Crippen molar-refractivity contribution in [3.8, 4) is 0 Å². The smallest absolute Gasteiger partial charge is 0.130 e. The van der Waals surface area contributed by atoms with E-state index in [0.717, 1.165) is 24.5 Å². The first kappa shape index (κ1) is 12.8. The van der Waals surface area contributed by atoms with Crippen molar-refractivity contribution in [1.29, 1.82) is 0 Å². The van der Waals surface area contributed by atoms with Crippen LogP contribution in [0.25, 0.3) is 0 Å². The molecule has 2 aromatic rings. The summed E-state index contributed by atoms with van der Waals surface area (Å²) in [5.41, 5.74) is 2.23. The van der Waals surface area contributed by atoms with Crippen molar-refractivity contribution < 1.29 is 0 Å². The summed E-state index contributed by atoms with van der Waals surface area (Å²) < 4.78 is 4.05. The van der Waals surface area contributed by atoms with E-state index in [1.807, 2.05) is 38.1 Å². The van der Waals surface area contributed by atoms with Crippen LogP contribution in [0.5, 0.6) is 0 Å². The fourth-order valence-corrected chi connectivity index (χ4v) is 2.34. The highest BCUT2D eigenvalue weighted by molar-refractivity contribution is 5.26. The van der Waals surface area contributed by atoms with Crippen molar-refractivity contribution in [2.75, 3.05) is 7.05 Å². The molecule has 0 aliphatic heterocycles. The van der Waals surface area contributed by atoms with Crippen molar-refractivity contribution >= 4 is 0 Å². The standard InChI is InChI=1S/C13H21N5/c1-5-7-18-8-6-15-13(18)12(14-3)11-9-17(4)16-10(11)2/h6,8-9,12,14H,5,7H2,1-4H3. The molecule has 2 rings (SSSR count). The van der Waals surface area contributed by atoms with Crippen molar-refractivity contribution in [1.82, 2.24) is 24.6 Å². The lowest BCUT2D eigenvalue weighted by molar-refractivity contribution is 0.566. The number of rotatable bonds is 5. The lowest BCUT2D eigenvalue weighted by Crippen LogP contribution is -2.22. The molecule has 0 aliphatic rings. The Kier molecular flexibility index (Phi) is 3.81.